The van der Waals surface area contributed by atoms with E-state index in [9.17, 15) is 0 Å². The standard InChI is InChI=1S/C16H22N4S/c1-12-5-6-15(13(2)11-12)19-16(21)17-8-4-10-20-14(3)7-9-18-20/h5-7,9,11H,4,8,10H2,1-3H3,(H2,17,19,21). The van der Waals surface area contributed by atoms with Crippen LogP contribution >= 0.6 is 12.2 Å². The Bertz CT molecular complexity index is 618. The molecule has 0 saturated heterocycles. The Morgan fingerprint density at radius 2 is 2.05 bits per heavy atom. The van der Waals surface area contributed by atoms with E-state index in [1.54, 1.807) is 0 Å². The second-order valence-corrected chi connectivity index (χ2v) is 5.66. The normalized spacial score (nSPS) is 10.4. The minimum Gasteiger partial charge on any atom is -0.362 e. The van der Waals surface area contributed by atoms with Gasteiger partial charge in [-0.3, -0.25) is 4.68 Å². The van der Waals surface area contributed by atoms with Crippen molar-refractivity contribution in [2.24, 2.45) is 0 Å². The van der Waals surface area contributed by atoms with Gasteiger partial charge in [0.25, 0.3) is 0 Å². The molecule has 0 aliphatic carbocycles. The van der Waals surface area contributed by atoms with Gasteiger partial charge in [-0.15, -0.1) is 0 Å². The van der Waals surface area contributed by atoms with E-state index < -0.39 is 0 Å². The summed E-state index contributed by atoms with van der Waals surface area (Å²) in [5.41, 5.74) is 4.70. The molecule has 2 aromatic rings. The molecule has 0 aliphatic heterocycles. The number of nitrogens with zero attached hydrogens (tertiary/aromatic N) is 2. The average Bonchev–Trinajstić information content (AvgIpc) is 2.84. The van der Waals surface area contributed by atoms with Gasteiger partial charge in [-0.1, -0.05) is 17.7 Å². The summed E-state index contributed by atoms with van der Waals surface area (Å²) in [6.07, 6.45) is 2.81. The Labute approximate surface area is 131 Å². The number of hydrogen-bond acceptors (Lipinski definition) is 2. The summed E-state index contributed by atoms with van der Waals surface area (Å²) in [7, 11) is 0. The molecular weight excluding hydrogens is 280 g/mol. The lowest BCUT2D eigenvalue weighted by atomic mass is 10.1. The number of thiocarbonyl (C=S) groups is 1. The van der Waals surface area contributed by atoms with Crippen LogP contribution in [0.25, 0.3) is 0 Å². The lowest BCUT2D eigenvalue weighted by molar-refractivity contribution is 0.561. The summed E-state index contributed by atoms with van der Waals surface area (Å²) >= 11 is 5.32. The van der Waals surface area contributed by atoms with E-state index in [4.69, 9.17) is 12.2 Å². The van der Waals surface area contributed by atoms with Crippen LogP contribution < -0.4 is 10.6 Å². The molecule has 0 aliphatic rings. The van der Waals surface area contributed by atoms with Gasteiger partial charge in [-0.05, 0) is 57.1 Å². The number of hydrogen-bond donors (Lipinski definition) is 2. The molecule has 0 amide bonds. The lowest BCUT2D eigenvalue weighted by Crippen LogP contribution is -2.30. The highest BCUT2D eigenvalue weighted by Gasteiger charge is 2.01. The molecule has 0 radical (unpaired) electrons. The Kier molecular flexibility index (Phi) is 5.33. The third-order valence-corrected chi connectivity index (χ3v) is 3.64. The molecule has 2 N–H and O–H groups in total. The number of rotatable bonds is 5. The predicted molar refractivity (Wildman–Crippen MR) is 91.7 cm³/mol. The Hall–Kier alpha value is -1.88. The van der Waals surface area contributed by atoms with Gasteiger partial charge in [0.2, 0.25) is 0 Å². The van der Waals surface area contributed by atoms with Crippen molar-refractivity contribution in [3.8, 4) is 0 Å². The molecule has 0 atom stereocenters. The molecule has 0 fully saturated rings. The SMILES string of the molecule is Cc1ccc(NC(=S)NCCCn2nccc2C)c(C)c1. The van der Waals surface area contributed by atoms with Crippen LogP contribution in [0.3, 0.4) is 0 Å². The summed E-state index contributed by atoms with van der Waals surface area (Å²) in [5, 5.41) is 11.4. The molecule has 0 saturated carbocycles. The van der Waals surface area contributed by atoms with E-state index in [1.165, 1.54) is 16.8 Å². The first kappa shape index (κ1) is 15.5. The zero-order chi connectivity index (χ0) is 15.2. The number of nitrogens with one attached hydrogen (secondary N) is 2. The van der Waals surface area contributed by atoms with E-state index in [-0.39, 0.29) is 0 Å². The topological polar surface area (TPSA) is 41.9 Å². The number of benzene rings is 1. The Balaban J connectivity index is 1.73. The second kappa shape index (κ2) is 7.22. The van der Waals surface area contributed by atoms with Crippen molar-refractivity contribution < 1.29 is 0 Å². The molecule has 0 unspecified atom stereocenters. The predicted octanol–water partition coefficient (Wildman–Crippen LogP) is 3.19. The van der Waals surface area contributed by atoms with Gasteiger partial charge in [0, 0.05) is 30.7 Å². The van der Waals surface area contributed by atoms with Gasteiger partial charge in [-0.25, -0.2) is 0 Å². The molecule has 2 rings (SSSR count). The molecule has 1 aromatic heterocycles. The van der Waals surface area contributed by atoms with Crippen LogP contribution in [0.15, 0.2) is 30.5 Å². The summed E-state index contributed by atoms with van der Waals surface area (Å²) in [5.74, 6) is 0. The van der Waals surface area contributed by atoms with Crippen molar-refractivity contribution in [3.63, 3.8) is 0 Å². The van der Waals surface area contributed by atoms with Crippen molar-refractivity contribution in [1.82, 2.24) is 15.1 Å². The first-order valence-electron chi connectivity index (χ1n) is 7.17. The highest BCUT2D eigenvalue weighted by atomic mass is 32.1. The Morgan fingerprint density at radius 1 is 1.24 bits per heavy atom. The fraction of sp³-hybridized carbons (Fsp3) is 0.375. The van der Waals surface area contributed by atoms with Gasteiger partial charge in [0.05, 0.1) is 0 Å². The molecule has 0 bridgehead atoms. The summed E-state index contributed by atoms with van der Waals surface area (Å²) in [6, 6.07) is 8.30. The van der Waals surface area contributed by atoms with Crippen LogP contribution in [-0.2, 0) is 6.54 Å². The molecular formula is C16H22N4S. The van der Waals surface area contributed by atoms with Crippen molar-refractivity contribution in [2.75, 3.05) is 11.9 Å². The maximum atomic E-state index is 5.32. The minimum atomic E-state index is 0.666. The molecule has 1 aromatic carbocycles. The first-order chi connectivity index (χ1) is 10.1. The summed E-state index contributed by atoms with van der Waals surface area (Å²) < 4.78 is 2.00. The van der Waals surface area contributed by atoms with Crippen molar-refractivity contribution in [3.05, 3.63) is 47.3 Å². The van der Waals surface area contributed by atoms with Crippen LogP contribution in [0.1, 0.15) is 23.2 Å². The van der Waals surface area contributed by atoms with Gasteiger partial charge in [-0.2, -0.15) is 5.10 Å². The molecule has 1 heterocycles. The second-order valence-electron chi connectivity index (χ2n) is 5.25. The molecule has 112 valence electrons. The molecule has 4 nitrogen and oxygen atoms in total. The highest BCUT2D eigenvalue weighted by Crippen LogP contribution is 2.15. The monoisotopic (exact) mass is 302 g/mol. The number of aryl methyl sites for hydroxylation is 4. The van der Waals surface area contributed by atoms with E-state index >= 15 is 0 Å². The van der Waals surface area contributed by atoms with E-state index in [1.807, 2.05) is 16.9 Å². The van der Waals surface area contributed by atoms with E-state index in [0.717, 1.165) is 25.2 Å². The maximum Gasteiger partial charge on any atom is 0.170 e. The van der Waals surface area contributed by atoms with Crippen LogP contribution in [0.4, 0.5) is 5.69 Å². The first-order valence-corrected chi connectivity index (χ1v) is 7.57. The van der Waals surface area contributed by atoms with E-state index in [0.29, 0.717) is 5.11 Å². The van der Waals surface area contributed by atoms with Gasteiger partial charge < -0.3 is 10.6 Å². The number of aromatic nitrogens is 2. The zero-order valence-corrected chi connectivity index (χ0v) is 13.6. The molecule has 21 heavy (non-hydrogen) atoms. The Morgan fingerprint density at radius 3 is 2.71 bits per heavy atom. The summed E-state index contributed by atoms with van der Waals surface area (Å²) in [6.45, 7) is 7.96. The van der Waals surface area contributed by atoms with Crippen LogP contribution in [0.2, 0.25) is 0 Å². The van der Waals surface area contributed by atoms with Crippen LogP contribution in [0.5, 0.6) is 0 Å². The third kappa shape index (κ3) is 4.56. The van der Waals surface area contributed by atoms with Gasteiger partial charge in [0.1, 0.15) is 0 Å². The lowest BCUT2D eigenvalue weighted by Gasteiger charge is -2.13. The van der Waals surface area contributed by atoms with Crippen LogP contribution in [-0.4, -0.2) is 21.4 Å². The molecule has 0 spiro atoms. The van der Waals surface area contributed by atoms with Crippen LogP contribution in [0, 0.1) is 20.8 Å². The van der Waals surface area contributed by atoms with Crippen molar-refractivity contribution in [1.29, 1.82) is 0 Å². The van der Waals surface area contributed by atoms with Gasteiger partial charge >= 0.3 is 0 Å². The van der Waals surface area contributed by atoms with Gasteiger partial charge in [0.15, 0.2) is 5.11 Å². The highest BCUT2D eigenvalue weighted by molar-refractivity contribution is 7.80. The zero-order valence-electron chi connectivity index (χ0n) is 12.8. The third-order valence-electron chi connectivity index (χ3n) is 3.39. The van der Waals surface area contributed by atoms with Crippen molar-refractivity contribution in [2.45, 2.75) is 33.7 Å². The molecule has 5 heteroatoms. The minimum absolute atomic E-state index is 0.666. The fourth-order valence-electron chi connectivity index (χ4n) is 2.18. The quantitative estimate of drug-likeness (QED) is 0.657. The number of anilines is 1. The van der Waals surface area contributed by atoms with Crippen molar-refractivity contribution >= 4 is 23.0 Å². The fourth-order valence-corrected chi connectivity index (χ4v) is 2.40. The largest absolute Gasteiger partial charge is 0.362 e. The smallest absolute Gasteiger partial charge is 0.170 e. The average molecular weight is 302 g/mol. The maximum absolute atomic E-state index is 5.32. The summed E-state index contributed by atoms with van der Waals surface area (Å²) in [4.78, 5) is 0. The van der Waals surface area contributed by atoms with E-state index in [2.05, 4.69) is 54.7 Å².